The molecule has 29 heavy (non-hydrogen) atoms. The van der Waals surface area contributed by atoms with Crippen LogP contribution in [0.1, 0.15) is 10.4 Å². The molecule has 1 fully saturated rings. The Labute approximate surface area is 167 Å². The average molecular weight is 392 g/mol. The lowest BCUT2D eigenvalue weighted by Crippen LogP contribution is -2.50. The highest BCUT2D eigenvalue weighted by Crippen LogP contribution is 2.11. The maximum absolute atomic E-state index is 12.4. The van der Waals surface area contributed by atoms with Crippen molar-refractivity contribution in [2.45, 2.75) is 0 Å². The van der Waals surface area contributed by atoms with Crippen molar-refractivity contribution in [2.75, 3.05) is 37.7 Å². The molecule has 0 spiro atoms. The van der Waals surface area contributed by atoms with Crippen LogP contribution in [0, 0.1) is 0 Å². The number of piperazine rings is 1. The maximum Gasteiger partial charge on any atom is 0.338 e. The van der Waals surface area contributed by atoms with Crippen molar-refractivity contribution in [2.24, 2.45) is 0 Å². The second-order valence-electron chi connectivity index (χ2n) is 6.49. The van der Waals surface area contributed by atoms with E-state index in [1.54, 1.807) is 58.5 Å². The molecule has 1 aliphatic heterocycles. The number of ether oxygens (including phenoxy) is 1. The lowest BCUT2D eigenvalue weighted by molar-refractivity contribution is -0.134. The van der Waals surface area contributed by atoms with E-state index in [0.717, 1.165) is 5.69 Å². The maximum atomic E-state index is 12.4. The number of esters is 1. The highest BCUT2D eigenvalue weighted by molar-refractivity contribution is 5.91. The van der Waals surface area contributed by atoms with Crippen molar-refractivity contribution in [3.63, 3.8) is 0 Å². The molecule has 0 aliphatic carbocycles. The molecule has 4 rings (SSSR count). The fraction of sp³-hybridized carbons (Fsp3) is 0.250. The molecule has 0 bridgehead atoms. The summed E-state index contributed by atoms with van der Waals surface area (Å²) in [5.74, 6) is -0.0774. The predicted molar refractivity (Wildman–Crippen MR) is 105 cm³/mol. The standard InChI is InChI=1S/C20H20N6O3/c27-18(24-11-13-25(14-12-24)20-21-7-1-8-22-20)15-29-19(28)16-3-5-17(6-4-16)26-10-2-9-23-26/h1-10H,11-15H2. The van der Waals surface area contributed by atoms with Gasteiger partial charge in [-0.05, 0) is 36.4 Å². The molecule has 0 N–H and O–H groups in total. The van der Waals surface area contributed by atoms with Gasteiger partial charge in [-0.1, -0.05) is 0 Å². The van der Waals surface area contributed by atoms with E-state index >= 15 is 0 Å². The first-order chi connectivity index (χ1) is 14.2. The topological polar surface area (TPSA) is 93.5 Å². The Hall–Kier alpha value is -3.75. The van der Waals surface area contributed by atoms with Crippen LogP contribution in [0.15, 0.2) is 61.2 Å². The Morgan fingerprint density at radius 3 is 2.31 bits per heavy atom. The van der Waals surface area contributed by atoms with E-state index in [0.29, 0.717) is 37.7 Å². The second kappa shape index (κ2) is 8.51. The number of rotatable bonds is 5. The van der Waals surface area contributed by atoms with Gasteiger partial charge in [-0.3, -0.25) is 4.79 Å². The predicted octanol–water partition coefficient (Wildman–Crippen LogP) is 1.17. The first-order valence-electron chi connectivity index (χ1n) is 9.28. The zero-order valence-electron chi connectivity index (χ0n) is 15.7. The normalized spacial score (nSPS) is 13.9. The molecular weight excluding hydrogens is 372 g/mol. The molecule has 3 heterocycles. The van der Waals surface area contributed by atoms with E-state index in [2.05, 4.69) is 15.1 Å². The van der Waals surface area contributed by atoms with Crippen molar-refractivity contribution in [3.05, 3.63) is 66.7 Å². The van der Waals surface area contributed by atoms with Gasteiger partial charge in [-0.15, -0.1) is 0 Å². The molecule has 0 unspecified atom stereocenters. The van der Waals surface area contributed by atoms with Gasteiger partial charge in [0.2, 0.25) is 5.95 Å². The van der Waals surface area contributed by atoms with E-state index in [1.807, 2.05) is 17.2 Å². The number of anilines is 1. The van der Waals surface area contributed by atoms with Crippen LogP contribution >= 0.6 is 0 Å². The number of hydrogen-bond acceptors (Lipinski definition) is 7. The fourth-order valence-corrected chi connectivity index (χ4v) is 3.08. The number of carbonyl (C=O) groups excluding carboxylic acids is 2. The summed E-state index contributed by atoms with van der Waals surface area (Å²) in [4.78, 5) is 36.8. The molecule has 2 aromatic heterocycles. The summed E-state index contributed by atoms with van der Waals surface area (Å²) in [5, 5.41) is 4.14. The SMILES string of the molecule is O=C(OCC(=O)N1CCN(c2ncccn2)CC1)c1ccc(-n2cccn2)cc1. The van der Waals surface area contributed by atoms with E-state index in [4.69, 9.17) is 4.74 Å². The minimum atomic E-state index is -0.526. The Morgan fingerprint density at radius 2 is 1.66 bits per heavy atom. The number of nitrogens with zero attached hydrogens (tertiary/aromatic N) is 6. The van der Waals surface area contributed by atoms with Gasteiger partial charge in [0, 0.05) is 51.0 Å². The summed E-state index contributed by atoms with van der Waals surface area (Å²) in [6.07, 6.45) is 6.89. The molecule has 3 aromatic rings. The summed E-state index contributed by atoms with van der Waals surface area (Å²) in [5.41, 5.74) is 1.22. The lowest BCUT2D eigenvalue weighted by Gasteiger charge is -2.34. The van der Waals surface area contributed by atoms with Crippen LogP contribution in [0.25, 0.3) is 5.69 Å². The van der Waals surface area contributed by atoms with Crippen LogP contribution < -0.4 is 4.90 Å². The summed E-state index contributed by atoms with van der Waals surface area (Å²) < 4.78 is 6.89. The van der Waals surface area contributed by atoms with Gasteiger partial charge >= 0.3 is 5.97 Å². The van der Waals surface area contributed by atoms with Crippen molar-refractivity contribution >= 4 is 17.8 Å². The van der Waals surface area contributed by atoms with Crippen LogP contribution in [0.5, 0.6) is 0 Å². The fourth-order valence-electron chi connectivity index (χ4n) is 3.08. The van der Waals surface area contributed by atoms with Gasteiger partial charge in [0.25, 0.3) is 5.91 Å². The monoisotopic (exact) mass is 392 g/mol. The summed E-state index contributed by atoms with van der Waals surface area (Å²) in [6, 6.07) is 10.4. The molecule has 1 amide bonds. The number of benzene rings is 1. The van der Waals surface area contributed by atoms with E-state index in [-0.39, 0.29) is 12.5 Å². The van der Waals surface area contributed by atoms with E-state index in [1.165, 1.54) is 0 Å². The molecule has 0 radical (unpaired) electrons. The lowest BCUT2D eigenvalue weighted by atomic mass is 10.2. The zero-order valence-corrected chi connectivity index (χ0v) is 15.7. The Bertz CT molecular complexity index is 952. The second-order valence-corrected chi connectivity index (χ2v) is 6.49. The zero-order chi connectivity index (χ0) is 20.1. The van der Waals surface area contributed by atoms with Gasteiger partial charge in [-0.2, -0.15) is 5.10 Å². The third kappa shape index (κ3) is 4.40. The molecule has 0 atom stereocenters. The number of carbonyl (C=O) groups is 2. The summed E-state index contributed by atoms with van der Waals surface area (Å²) in [7, 11) is 0. The average Bonchev–Trinajstić information content (AvgIpc) is 3.33. The van der Waals surface area contributed by atoms with Crippen LogP contribution in [0.4, 0.5) is 5.95 Å². The Kier molecular flexibility index (Phi) is 5.46. The Morgan fingerprint density at radius 1 is 0.931 bits per heavy atom. The van der Waals surface area contributed by atoms with E-state index in [9.17, 15) is 9.59 Å². The van der Waals surface area contributed by atoms with Gasteiger partial charge in [0.1, 0.15) is 0 Å². The van der Waals surface area contributed by atoms with Gasteiger partial charge in [-0.25, -0.2) is 19.4 Å². The van der Waals surface area contributed by atoms with Crippen molar-refractivity contribution in [1.82, 2.24) is 24.6 Å². The highest BCUT2D eigenvalue weighted by Gasteiger charge is 2.23. The summed E-state index contributed by atoms with van der Waals surface area (Å²) >= 11 is 0. The minimum Gasteiger partial charge on any atom is -0.452 e. The molecule has 0 saturated carbocycles. The van der Waals surface area contributed by atoms with Crippen LogP contribution in [0.3, 0.4) is 0 Å². The molecule has 1 saturated heterocycles. The first-order valence-corrected chi connectivity index (χ1v) is 9.28. The molecule has 9 nitrogen and oxygen atoms in total. The van der Waals surface area contributed by atoms with Crippen molar-refractivity contribution in [3.8, 4) is 5.69 Å². The van der Waals surface area contributed by atoms with Crippen molar-refractivity contribution < 1.29 is 14.3 Å². The third-order valence-corrected chi connectivity index (χ3v) is 4.67. The summed E-state index contributed by atoms with van der Waals surface area (Å²) in [6.45, 7) is 2.07. The molecule has 1 aromatic carbocycles. The van der Waals surface area contributed by atoms with Crippen molar-refractivity contribution in [1.29, 1.82) is 0 Å². The van der Waals surface area contributed by atoms with Gasteiger partial charge in [0.15, 0.2) is 6.61 Å². The largest absolute Gasteiger partial charge is 0.452 e. The molecule has 1 aliphatic rings. The van der Waals surface area contributed by atoms with Crippen LogP contribution in [-0.2, 0) is 9.53 Å². The molecule has 9 heteroatoms. The van der Waals surface area contributed by atoms with Crippen LogP contribution in [-0.4, -0.2) is 69.3 Å². The Balaban J connectivity index is 1.26. The molecular formula is C20H20N6O3. The quantitative estimate of drug-likeness (QED) is 0.602. The molecule has 148 valence electrons. The highest BCUT2D eigenvalue weighted by atomic mass is 16.5. The van der Waals surface area contributed by atoms with Crippen LogP contribution in [0.2, 0.25) is 0 Å². The number of hydrogen-bond donors (Lipinski definition) is 0. The third-order valence-electron chi connectivity index (χ3n) is 4.67. The minimum absolute atomic E-state index is 0.208. The first kappa shape index (κ1) is 18.6. The van der Waals surface area contributed by atoms with Gasteiger partial charge < -0.3 is 14.5 Å². The van der Waals surface area contributed by atoms with Gasteiger partial charge in [0.05, 0.1) is 11.3 Å². The number of aromatic nitrogens is 4. The smallest absolute Gasteiger partial charge is 0.338 e. The van der Waals surface area contributed by atoms with E-state index < -0.39 is 5.97 Å². The number of amides is 1.